The molecule has 0 N–H and O–H groups in total. The molecule has 3 aromatic carbocycles. The predicted octanol–water partition coefficient (Wildman–Crippen LogP) is 4.29. The van der Waals surface area contributed by atoms with Crippen molar-refractivity contribution < 1.29 is 23.9 Å². The van der Waals surface area contributed by atoms with Crippen LogP contribution in [0, 0.1) is 10.1 Å². The van der Waals surface area contributed by atoms with E-state index in [-0.39, 0.29) is 40.5 Å². The average Bonchev–Trinajstić information content (AvgIpc) is 3.29. The van der Waals surface area contributed by atoms with Gasteiger partial charge < -0.3 is 14.2 Å². The van der Waals surface area contributed by atoms with Crippen LogP contribution in [0.1, 0.15) is 36.6 Å². The highest BCUT2D eigenvalue weighted by Gasteiger charge is 2.33. The molecule has 214 valence electrons. The minimum Gasteiger partial charge on any atom is -0.493 e. The van der Waals surface area contributed by atoms with Crippen molar-refractivity contribution in [2.24, 2.45) is 4.99 Å². The molecule has 1 aromatic heterocycles. The first-order valence-corrected chi connectivity index (χ1v) is 13.9. The molecule has 2 heterocycles. The summed E-state index contributed by atoms with van der Waals surface area (Å²) in [6.07, 6.45) is 1.55. The Morgan fingerprint density at radius 2 is 1.81 bits per heavy atom. The van der Waals surface area contributed by atoms with Gasteiger partial charge in [0.25, 0.3) is 5.56 Å². The molecule has 0 saturated carbocycles. The van der Waals surface area contributed by atoms with E-state index in [9.17, 15) is 19.7 Å². The molecule has 0 amide bonds. The van der Waals surface area contributed by atoms with Crippen LogP contribution in [0.25, 0.3) is 6.08 Å². The van der Waals surface area contributed by atoms with E-state index < -0.39 is 22.5 Å². The van der Waals surface area contributed by atoms with E-state index in [1.165, 1.54) is 17.7 Å². The molecule has 42 heavy (non-hydrogen) atoms. The second-order valence-corrected chi connectivity index (χ2v) is 10.3. The summed E-state index contributed by atoms with van der Waals surface area (Å²) < 4.78 is 18.3. The Balaban J connectivity index is 1.62. The average molecular weight is 586 g/mol. The zero-order valence-corrected chi connectivity index (χ0v) is 23.9. The number of nitro benzene ring substituents is 1. The number of aromatic nitrogens is 1. The molecule has 11 heteroatoms. The molecular weight excluding hydrogens is 558 g/mol. The van der Waals surface area contributed by atoms with E-state index in [1.807, 2.05) is 60.7 Å². The molecule has 0 unspecified atom stereocenters. The third-order valence-corrected chi connectivity index (χ3v) is 7.61. The third kappa shape index (κ3) is 5.59. The summed E-state index contributed by atoms with van der Waals surface area (Å²) in [7, 11) is 1.39. The van der Waals surface area contributed by atoms with Crippen LogP contribution in [-0.2, 0) is 16.1 Å². The maximum Gasteiger partial charge on any atom is 0.338 e. The smallest absolute Gasteiger partial charge is 0.338 e. The highest BCUT2D eigenvalue weighted by Crippen LogP contribution is 2.39. The molecule has 5 rings (SSSR count). The summed E-state index contributed by atoms with van der Waals surface area (Å²) in [5.74, 6) is -0.404. The number of ether oxygens (including phenoxy) is 3. The Morgan fingerprint density at radius 1 is 1.12 bits per heavy atom. The van der Waals surface area contributed by atoms with Gasteiger partial charge in [-0.1, -0.05) is 72.0 Å². The van der Waals surface area contributed by atoms with Crippen LogP contribution in [0.2, 0.25) is 0 Å². The fourth-order valence-electron chi connectivity index (χ4n) is 4.75. The number of nitrogens with zero attached hydrogens (tertiary/aromatic N) is 3. The van der Waals surface area contributed by atoms with E-state index in [0.717, 1.165) is 22.5 Å². The summed E-state index contributed by atoms with van der Waals surface area (Å²) in [6, 6.07) is 20.6. The number of fused-ring (bicyclic) bond motifs is 1. The van der Waals surface area contributed by atoms with Crippen LogP contribution in [0.15, 0.2) is 93.9 Å². The Bertz CT molecular complexity index is 1860. The van der Waals surface area contributed by atoms with Crippen LogP contribution in [-0.4, -0.2) is 29.2 Å². The van der Waals surface area contributed by atoms with Crippen molar-refractivity contribution in [3.05, 3.63) is 131 Å². The topological polar surface area (TPSA) is 122 Å². The molecule has 0 radical (unpaired) electrons. The van der Waals surface area contributed by atoms with Crippen molar-refractivity contribution >= 4 is 29.1 Å². The van der Waals surface area contributed by atoms with Gasteiger partial charge >= 0.3 is 11.7 Å². The summed E-state index contributed by atoms with van der Waals surface area (Å²) >= 11 is 1.13. The number of carbonyl (C=O) groups is 1. The Kier molecular flexibility index (Phi) is 8.30. The summed E-state index contributed by atoms with van der Waals surface area (Å²) in [4.78, 5) is 43.3. The lowest BCUT2D eigenvalue weighted by Crippen LogP contribution is -2.39. The quantitative estimate of drug-likeness (QED) is 0.163. The van der Waals surface area contributed by atoms with Crippen molar-refractivity contribution in [3.63, 3.8) is 0 Å². The predicted molar refractivity (Wildman–Crippen MR) is 157 cm³/mol. The lowest BCUT2D eigenvalue weighted by atomic mass is 9.96. The minimum atomic E-state index is -0.749. The number of nitro groups is 1. The first kappa shape index (κ1) is 28.5. The molecule has 4 aromatic rings. The second kappa shape index (κ2) is 12.2. The van der Waals surface area contributed by atoms with Gasteiger partial charge in [0, 0.05) is 6.07 Å². The molecular formula is C31H27N3O7S. The van der Waals surface area contributed by atoms with E-state index in [1.54, 1.807) is 26.0 Å². The van der Waals surface area contributed by atoms with Crippen molar-refractivity contribution in [1.29, 1.82) is 0 Å². The fourth-order valence-corrected chi connectivity index (χ4v) is 5.79. The molecule has 10 nitrogen and oxygen atoms in total. The number of esters is 1. The number of benzene rings is 3. The van der Waals surface area contributed by atoms with Gasteiger partial charge in [-0.05, 0) is 42.7 Å². The van der Waals surface area contributed by atoms with Crippen molar-refractivity contribution in [3.8, 4) is 11.5 Å². The molecule has 0 saturated heterocycles. The van der Waals surface area contributed by atoms with Crippen molar-refractivity contribution in [2.45, 2.75) is 26.5 Å². The zero-order valence-electron chi connectivity index (χ0n) is 23.1. The number of methoxy groups -OCH3 is 1. The molecule has 1 atom stereocenters. The van der Waals surface area contributed by atoms with Crippen LogP contribution in [0.4, 0.5) is 5.69 Å². The van der Waals surface area contributed by atoms with Gasteiger partial charge in [0.15, 0.2) is 10.6 Å². The van der Waals surface area contributed by atoms with E-state index in [0.29, 0.717) is 16.1 Å². The second-order valence-electron chi connectivity index (χ2n) is 9.32. The van der Waals surface area contributed by atoms with Gasteiger partial charge in [0.1, 0.15) is 6.61 Å². The number of carbonyl (C=O) groups excluding carboxylic acids is 1. The molecule has 1 aliphatic rings. The largest absolute Gasteiger partial charge is 0.493 e. The van der Waals surface area contributed by atoms with E-state index >= 15 is 0 Å². The van der Waals surface area contributed by atoms with Crippen LogP contribution < -0.4 is 24.4 Å². The van der Waals surface area contributed by atoms with Crippen molar-refractivity contribution in [2.75, 3.05) is 13.7 Å². The number of rotatable bonds is 9. The maximum absolute atomic E-state index is 13.9. The fraction of sp³-hybridized carbons (Fsp3) is 0.194. The number of thiazole rings is 1. The molecule has 1 aliphatic heterocycles. The van der Waals surface area contributed by atoms with Crippen molar-refractivity contribution in [1.82, 2.24) is 4.57 Å². The molecule has 0 spiro atoms. The van der Waals surface area contributed by atoms with Gasteiger partial charge in [-0.15, -0.1) is 0 Å². The Labute approximate surface area is 244 Å². The van der Waals surface area contributed by atoms with Gasteiger partial charge in [-0.25, -0.2) is 9.79 Å². The molecule has 0 fully saturated rings. The lowest BCUT2D eigenvalue weighted by Gasteiger charge is -2.24. The first-order valence-electron chi connectivity index (χ1n) is 13.1. The molecule has 0 aliphatic carbocycles. The monoisotopic (exact) mass is 585 g/mol. The number of hydrogen-bond acceptors (Lipinski definition) is 9. The highest BCUT2D eigenvalue weighted by molar-refractivity contribution is 7.07. The van der Waals surface area contributed by atoms with Gasteiger partial charge in [-0.2, -0.15) is 0 Å². The van der Waals surface area contributed by atoms with Crippen LogP contribution in [0.5, 0.6) is 11.5 Å². The highest BCUT2D eigenvalue weighted by atomic mass is 32.1. The number of allylic oxidation sites excluding steroid dienone is 1. The SMILES string of the molecule is CCOC(=O)C1=C(C)N=c2s/c(=C/c3cc(OC)c(OCc4ccccc4)c([N+](=O)[O-])c3)c(=O)n2[C@H]1c1ccccc1. The standard InChI is InChI=1S/C31H27N3O7S/c1-4-40-30(36)26-19(2)32-31-33(27(26)22-13-9-6-10-14-22)29(35)25(42-31)17-21-15-23(34(37)38)28(24(16-21)39-3)41-18-20-11-7-5-8-12-20/h5-17,27H,4,18H2,1-3H3/b25-17+/t27-/m0/s1. The zero-order chi connectivity index (χ0) is 29.8. The summed E-state index contributed by atoms with van der Waals surface area (Å²) in [6.45, 7) is 3.71. The minimum absolute atomic E-state index is 0.0104. The van der Waals surface area contributed by atoms with E-state index in [4.69, 9.17) is 14.2 Å². The van der Waals surface area contributed by atoms with Crippen LogP contribution in [0.3, 0.4) is 0 Å². The van der Waals surface area contributed by atoms with E-state index in [2.05, 4.69) is 4.99 Å². The van der Waals surface area contributed by atoms with Gasteiger partial charge in [0.05, 0.1) is 40.5 Å². The Hall–Kier alpha value is -5.03. The maximum atomic E-state index is 13.9. The first-order chi connectivity index (χ1) is 20.3. The van der Waals surface area contributed by atoms with Gasteiger partial charge in [-0.3, -0.25) is 19.5 Å². The third-order valence-electron chi connectivity index (χ3n) is 6.63. The Morgan fingerprint density at radius 3 is 2.45 bits per heavy atom. The van der Waals surface area contributed by atoms with Gasteiger partial charge in [0.2, 0.25) is 5.75 Å². The normalized spacial score (nSPS) is 14.6. The summed E-state index contributed by atoms with van der Waals surface area (Å²) in [5, 5.41) is 12.0. The lowest BCUT2D eigenvalue weighted by molar-refractivity contribution is -0.386. The number of hydrogen-bond donors (Lipinski definition) is 0. The molecule has 0 bridgehead atoms. The summed E-state index contributed by atoms with van der Waals surface area (Å²) in [5.41, 5.74) is 1.96. The van der Waals surface area contributed by atoms with Crippen LogP contribution >= 0.6 is 11.3 Å².